The predicted octanol–water partition coefficient (Wildman–Crippen LogP) is 13.5. The van der Waals surface area contributed by atoms with Crippen LogP contribution < -0.4 is 0 Å². The molecule has 0 atom stereocenters. The molecule has 0 aliphatic heterocycles. The molecule has 2 aromatic heterocycles. The van der Waals surface area contributed by atoms with E-state index >= 15 is 0 Å². The number of hydrogen-bond acceptors (Lipinski definition) is 3. The highest BCUT2D eigenvalue weighted by Gasteiger charge is 2.17. The molecule has 0 fully saturated rings. The van der Waals surface area contributed by atoms with Crippen LogP contribution in [0, 0.1) is 0 Å². The lowest BCUT2D eigenvalue weighted by Gasteiger charge is -2.13. The van der Waals surface area contributed by atoms with Gasteiger partial charge in [0.25, 0.3) is 0 Å². The third-order valence-corrected chi connectivity index (χ3v) is 11.0. The van der Waals surface area contributed by atoms with E-state index in [1.165, 1.54) is 64.0 Å². The van der Waals surface area contributed by atoms with E-state index in [1.807, 2.05) is 11.3 Å². The SMILES string of the molecule is c1ccc(-c2ccc3cc(-c4cc(-c5ccc6ccccc6c5)nc(-c5cc(-c6ccccc6)c6c(c5)sc5ccccc56)n4)ccc3c2)cc1. The first-order chi connectivity index (χ1) is 25.2. The van der Waals surface area contributed by atoms with Crippen LogP contribution in [0.25, 0.3) is 97.9 Å². The van der Waals surface area contributed by atoms with Crippen molar-refractivity contribution in [2.24, 2.45) is 0 Å². The quantitative estimate of drug-likeness (QED) is 0.183. The molecule has 0 spiro atoms. The first kappa shape index (κ1) is 29.5. The molecule has 0 saturated carbocycles. The van der Waals surface area contributed by atoms with Crippen LogP contribution in [0.2, 0.25) is 0 Å². The van der Waals surface area contributed by atoms with Crippen molar-refractivity contribution in [1.82, 2.24) is 9.97 Å². The molecule has 2 heterocycles. The second-order valence-electron chi connectivity index (χ2n) is 13.0. The fourth-order valence-electron chi connectivity index (χ4n) is 7.26. The lowest BCUT2D eigenvalue weighted by atomic mass is 9.96. The molecule has 0 aliphatic rings. The van der Waals surface area contributed by atoms with Crippen LogP contribution in [0.15, 0.2) is 182 Å². The molecule has 0 unspecified atom stereocenters. The zero-order valence-electron chi connectivity index (χ0n) is 27.6. The maximum atomic E-state index is 5.32. The second kappa shape index (κ2) is 12.2. The van der Waals surface area contributed by atoms with Crippen LogP contribution in [-0.4, -0.2) is 9.97 Å². The van der Waals surface area contributed by atoms with E-state index in [4.69, 9.17) is 9.97 Å². The number of thiophene rings is 1. The summed E-state index contributed by atoms with van der Waals surface area (Å²) in [7, 11) is 0. The predicted molar refractivity (Wildman–Crippen MR) is 217 cm³/mol. The highest BCUT2D eigenvalue weighted by Crippen LogP contribution is 2.43. The highest BCUT2D eigenvalue weighted by molar-refractivity contribution is 7.26. The number of rotatable bonds is 5. The Morgan fingerprint density at radius 3 is 1.61 bits per heavy atom. The molecule has 0 aliphatic carbocycles. The van der Waals surface area contributed by atoms with Crippen molar-refractivity contribution in [3.63, 3.8) is 0 Å². The molecule has 0 saturated heterocycles. The highest BCUT2D eigenvalue weighted by atomic mass is 32.1. The largest absolute Gasteiger partial charge is 0.228 e. The number of nitrogens with zero attached hydrogens (tertiary/aromatic N) is 2. The summed E-state index contributed by atoms with van der Waals surface area (Å²) in [4.78, 5) is 10.6. The van der Waals surface area contributed by atoms with Crippen molar-refractivity contribution < 1.29 is 0 Å². The van der Waals surface area contributed by atoms with E-state index in [-0.39, 0.29) is 0 Å². The molecule has 238 valence electrons. The van der Waals surface area contributed by atoms with Crippen LogP contribution >= 0.6 is 11.3 Å². The summed E-state index contributed by atoms with van der Waals surface area (Å²) < 4.78 is 2.51. The molecule has 10 rings (SSSR count). The van der Waals surface area contributed by atoms with Gasteiger partial charge in [0, 0.05) is 36.9 Å². The molecule has 0 amide bonds. The van der Waals surface area contributed by atoms with Gasteiger partial charge >= 0.3 is 0 Å². The van der Waals surface area contributed by atoms with E-state index in [0.717, 1.165) is 28.1 Å². The lowest BCUT2D eigenvalue weighted by molar-refractivity contribution is 1.19. The van der Waals surface area contributed by atoms with E-state index in [2.05, 4.69) is 182 Å². The Bertz CT molecular complexity index is 2910. The Morgan fingerprint density at radius 2 is 0.882 bits per heavy atom. The Hall–Kier alpha value is -6.42. The van der Waals surface area contributed by atoms with E-state index in [1.54, 1.807) is 0 Å². The van der Waals surface area contributed by atoms with Gasteiger partial charge in [0.2, 0.25) is 0 Å². The van der Waals surface area contributed by atoms with Crippen LogP contribution in [-0.2, 0) is 0 Å². The molecule has 51 heavy (non-hydrogen) atoms. The minimum absolute atomic E-state index is 0.715. The van der Waals surface area contributed by atoms with Crippen LogP contribution in [0.3, 0.4) is 0 Å². The van der Waals surface area contributed by atoms with Gasteiger partial charge in [-0.2, -0.15) is 0 Å². The molecule has 0 radical (unpaired) electrons. The van der Waals surface area contributed by atoms with Crippen molar-refractivity contribution in [1.29, 1.82) is 0 Å². The summed E-state index contributed by atoms with van der Waals surface area (Å²) in [5.41, 5.74) is 9.74. The molecule has 2 nitrogen and oxygen atoms in total. The van der Waals surface area contributed by atoms with Gasteiger partial charge in [-0.25, -0.2) is 9.97 Å². The third kappa shape index (κ3) is 5.36. The normalized spacial score (nSPS) is 11.5. The Labute approximate surface area is 300 Å². The van der Waals surface area contributed by atoms with Crippen molar-refractivity contribution in [2.45, 2.75) is 0 Å². The van der Waals surface area contributed by atoms with E-state index in [9.17, 15) is 0 Å². The molecule has 8 aromatic carbocycles. The maximum absolute atomic E-state index is 5.32. The molecule has 10 aromatic rings. The zero-order valence-corrected chi connectivity index (χ0v) is 28.4. The number of hydrogen-bond donors (Lipinski definition) is 0. The third-order valence-electron chi connectivity index (χ3n) is 9.84. The van der Waals surface area contributed by atoms with Crippen LogP contribution in [0.5, 0.6) is 0 Å². The van der Waals surface area contributed by atoms with E-state index < -0.39 is 0 Å². The van der Waals surface area contributed by atoms with Gasteiger partial charge in [0.05, 0.1) is 11.4 Å². The van der Waals surface area contributed by atoms with Crippen LogP contribution in [0.4, 0.5) is 0 Å². The Kier molecular flexibility index (Phi) is 7.04. The number of fused-ring (bicyclic) bond motifs is 5. The van der Waals surface area contributed by atoms with Gasteiger partial charge in [0.15, 0.2) is 5.82 Å². The van der Waals surface area contributed by atoms with Crippen molar-refractivity contribution >= 4 is 53.1 Å². The van der Waals surface area contributed by atoms with Gasteiger partial charge in [-0.05, 0) is 86.3 Å². The van der Waals surface area contributed by atoms with Gasteiger partial charge in [-0.15, -0.1) is 11.3 Å². The van der Waals surface area contributed by atoms with Crippen molar-refractivity contribution in [3.8, 4) is 56.2 Å². The average molecular weight is 667 g/mol. The summed E-state index contributed by atoms with van der Waals surface area (Å²) in [6.07, 6.45) is 0. The van der Waals surface area contributed by atoms with Gasteiger partial charge in [-0.3, -0.25) is 0 Å². The van der Waals surface area contributed by atoms with Crippen LogP contribution in [0.1, 0.15) is 0 Å². The van der Waals surface area contributed by atoms with Crippen molar-refractivity contribution in [2.75, 3.05) is 0 Å². The monoisotopic (exact) mass is 666 g/mol. The minimum Gasteiger partial charge on any atom is -0.228 e. The average Bonchev–Trinajstić information content (AvgIpc) is 3.59. The molecule has 0 bridgehead atoms. The Balaban J connectivity index is 1.18. The molecular formula is C48H30N2S. The Morgan fingerprint density at radius 1 is 0.333 bits per heavy atom. The minimum atomic E-state index is 0.715. The maximum Gasteiger partial charge on any atom is 0.160 e. The number of benzene rings is 8. The second-order valence-corrected chi connectivity index (χ2v) is 14.1. The summed E-state index contributed by atoms with van der Waals surface area (Å²) in [5.74, 6) is 0.715. The van der Waals surface area contributed by atoms with E-state index in [0.29, 0.717) is 5.82 Å². The molecule has 3 heteroatoms. The van der Waals surface area contributed by atoms with Gasteiger partial charge < -0.3 is 0 Å². The summed E-state index contributed by atoms with van der Waals surface area (Å²) in [5, 5.41) is 7.34. The van der Waals surface area contributed by atoms with Gasteiger partial charge in [-0.1, -0.05) is 140 Å². The number of aromatic nitrogens is 2. The first-order valence-electron chi connectivity index (χ1n) is 17.2. The summed E-state index contributed by atoms with van der Waals surface area (Å²) >= 11 is 1.83. The standard InChI is InChI=1S/C48H30N2S/c1-3-11-31(12-4-1)35-20-21-37-27-39(24-22-36(37)25-35)44-30-43(38-23-19-32-13-7-8-16-34(32)26-38)49-48(50-44)40-28-42(33-14-5-2-6-15-33)47-41-17-9-10-18-45(41)51-46(47)29-40/h1-30H. The lowest BCUT2D eigenvalue weighted by Crippen LogP contribution is -1.96. The summed E-state index contributed by atoms with van der Waals surface area (Å²) in [6.45, 7) is 0. The first-order valence-corrected chi connectivity index (χ1v) is 18.0. The van der Waals surface area contributed by atoms with Gasteiger partial charge in [0.1, 0.15) is 0 Å². The smallest absolute Gasteiger partial charge is 0.160 e. The fraction of sp³-hybridized carbons (Fsp3) is 0. The molecule has 0 N–H and O–H groups in total. The topological polar surface area (TPSA) is 25.8 Å². The fourth-order valence-corrected chi connectivity index (χ4v) is 8.44. The molecular weight excluding hydrogens is 637 g/mol. The zero-order chi connectivity index (χ0) is 33.7. The van der Waals surface area contributed by atoms with Crippen molar-refractivity contribution in [3.05, 3.63) is 182 Å². The summed E-state index contributed by atoms with van der Waals surface area (Å²) in [6, 6.07) is 65.1.